The van der Waals surface area contributed by atoms with E-state index in [1.165, 1.54) is 0 Å². The number of nitrogens with one attached hydrogen (secondary N) is 1. The maximum Gasteiger partial charge on any atom is 0.253 e. The predicted molar refractivity (Wildman–Crippen MR) is 124 cm³/mol. The fourth-order valence-corrected chi connectivity index (χ4v) is 4.15. The molecular formula is C25H32N2O6. The van der Waals surface area contributed by atoms with E-state index in [1.807, 2.05) is 12.1 Å². The second-order valence-corrected chi connectivity index (χ2v) is 7.90. The van der Waals surface area contributed by atoms with Crippen molar-refractivity contribution in [1.82, 2.24) is 10.2 Å². The first-order valence-corrected chi connectivity index (χ1v) is 10.9. The molecule has 2 unspecified atom stereocenters. The SMILES string of the molecule is COCCCNC(=O)C1CN(C(=O)c2ccc(OC)cc2)CC1c1ccc(OC)cc1OC. The standard InChI is InChI=1S/C25H32N2O6/c1-30-13-5-12-26-24(28)22-16-27(25(29)17-6-8-18(31-2)9-7-17)15-21(22)20-11-10-19(32-3)14-23(20)33-4/h6-11,14,21-22H,5,12-13,15-16H2,1-4H3,(H,26,28). The Morgan fingerprint density at radius 1 is 0.939 bits per heavy atom. The first kappa shape index (κ1) is 24.4. The van der Waals surface area contributed by atoms with E-state index in [9.17, 15) is 9.59 Å². The maximum atomic E-state index is 13.2. The van der Waals surface area contributed by atoms with Crippen molar-refractivity contribution in [2.75, 3.05) is 54.7 Å². The number of methoxy groups -OCH3 is 4. The largest absolute Gasteiger partial charge is 0.497 e. The second kappa shape index (κ2) is 11.6. The van der Waals surface area contributed by atoms with Crippen LogP contribution < -0.4 is 19.5 Å². The molecule has 3 rings (SSSR count). The molecule has 1 heterocycles. The van der Waals surface area contributed by atoms with Crippen LogP contribution in [-0.2, 0) is 9.53 Å². The molecule has 0 saturated carbocycles. The van der Waals surface area contributed by atoms with Crippen LogP contribution in [0.25, 0.3) is 0 Å². The minimum absolute atomic E-state index is 0.0843. The van der Waals surface area contributed by atoms with E-state index in [-0.39, 0.29) is 17.7 Å². The highest BCUT2D eigenvalue weighted by molar-refractivity contribution is 5.95. The van der Waals surface area contributed by atoms with Gasteiger partial charge in [0.15, 0.2) is 0 Å². The zero-order valence-electron chi connectivity index (χ0n) is 19.6. The zero-order chi connectivity index (χ0) is 23.8. The number of benzene rings is 2. The molecule has 8 heteroatoms. The van der Waals surface area contributed by atoms with Crippen molar-refractivity contribution >= 4 is 11.8 Å². The lowest BCUT2D eigenvalue weighted by molar-refractivity contribution is -0.125. The average Bonchev–Trinajstić information content (AvgIpc) is 3.31. The Morgan fingerprint density at radius 2 is 1.64 bits per heavy atom. The Labute approximate surface area is 194 Å². The molecule has 1 fully saturated rings. The van der Waals surface area contributed by atoms with Gasteiger partial charge in [-0.3, -0.25) is 9.59 Å². The molecule has 178 valence electrons. The summed E-state index contributed by atoms with van der Waals surface area (Å²) in [6, 6.07) is 12.6. The molecule has 1 aliphatic rings. The van der Waals surface area contributed by atoms with Gasteiger partial charge in [0, 0.05) is 56.5 Å². The van der Waals surface area contributed by atoms with Gasteiger partial charge in [-0.1, -0.05) is 6.07 Å². The van der Waals surface area contributed by atoms with Gasteiger partial charge in [-0.15, -0.1) is 0 Å². The molecule has 1 saturated heterocycles. The number of amides is 2. The van der Waals surface area contributed by atoms with Gasteiger partial charge in [-0.25, -0.2) is 0 Å². The van der Waals surface area contributed by atoms with Crippen LogP contribution in [0, 0.1) is 5.92 Å². The van der Waals surface area contributed by atoms with Gasteiger partial charge < -0.3 is 29.2 Å². The summed E-state index contributed by atoms with van der Waals surface area (Å²) < 4.78 is 21.2. The summed E-state index contributed by atoms with van der Waals surface area (Å²) in [4.78, 5) is 28.1. The number of nitrogens with zero attached hydrogens (tertiary/aromatic N) is 1. The first-order valence-electron chi connectivity index (χ1n) is 10.9. The molecule has 0 aromatic heterocycles. The van der Waals surface area contributed by atoms with Crippen molar-refractivity contribution in [2.24, 2.45) is 5.92 Å². The number of hydrogen-bond acceptors (Lipinski definition) is 6. The van der Waals surface area contributed by atoms with Gasteiger partial charge in [0.1, 0.15) is 17.2 Å². The van der Waals surface area contributed by atoms with E-state index in [4.69, 9.17) is 18.9 Å². The van der Waals surface area contributed by atoms with Gasteiger partial charge in [-0.05, 0) is 36.8 Å². The average molecular weight is 457 g/mol. The molecule has 2 aromatic rings. The number of hydrogen-bond donors (Lipinski definition) is 1. The molecule has 0 aliphatic carbocycles. The number of likely N-dealkylation sites (tertiary alicyclic amines) is 1. The Bertz CT molecular complexity index is 946. The smallest absolute Gasteiger partial charge is 0.253 e. The highest BCUT2D eigenvalue weighted by Gasteiger charge is 2.41. The second-order valence-electron chi connectivity index (χ2n) is 7.90. The van der Waals surface area contributed by atoms with E-state index in [0.717, 1.165) is 12.0 Å². The Morgan fingerprint density at radius 3 is 2.27 bits per heavy atom. The molecule has 33 heavy (non-hydrogen) atoms. The quantitative estimate of drug-likeness (QED) is 0.554. The molecule has 2 aromatic carbocycles. The van der Waals surface area contributed by atoms with Crippen molar-refractivity contribution in [3.8, 4) is 17.2 Å². The normalized spacial score (nSPS) is 17.5. The lowest BCUT2D eigenvalue weighted by atomic mass is 9.87. The summed E-state index contributed by atoms with van der Waals surface area (Å²) in [6.07, 6.45) is 0.722. The predicted octanol–water partition coefficient (Wildman–Crippen LogP) is 2.72. The number of rotatable bonds is 10. The fourth-order valence-electron chi connectivity index (χ4n) is 4.15. The third kappa shape index (κ3) is 5.76. The molecule has 0 radical (unpaired) electrons. The van der Waals surface area contributed by atoms with Gasteiger partial charge in [0.05, 0.1) is 27.2 Å². The topological polar surface area (TPSA) is 86.3 Å². The van der Waals surface area contributed by atoms with Crippen molar-refractivity contribution in [1.29, 1.82) is 0 Å². The third-order valence-corrected chi connectivity index (χ3v) is 5.95. The first-order chi connectivity index (χ1) is 16.0. The highest BCUT2D eigenvalue weighted by atomic mass is 16.5. The van der Waals surface area contributed by atoms with Crippen LogP contribution in [0.1, 0.15) is 28.3 Å². The Hall–Kier alpha value is -3.26. The lowest BCUT2D eigenvalue weighted by Gasteiger charge is -2.21. The van der Waals surface area contributed by atoms with E-state index < -0.39 is 5.92 Å². The number of carbonyl (C=O) groups excluding carboxylic acids is 2. The van der Waals surface area contributed by atoms with Crippen LogP contribution in [0.3, 0.4) is 0 Å². The molecule has 2 amide bonds. The van der Waals surface area contributed by atoms with Crippen LogP contribution in [0.5, 0.6) is 17.2 Å². The van der Waals surface area contributed by atoms with Crippen LogP contribution in [0.2, 0.25) is 0 Å². The molecule has 1 N–H and O–H groups in total. The third-order valence-electron chi connectivity index (χ3n) is 5.95. The Kier molecular flexibility index (Phi) is 8.54. The summed E-state index contributed by atoms with van der Waals surface area (Å²) in [5.74, 6) is 1.16. The van der Waals surface area contributed by atoms with Crippen LogP contribution in [0.4, 0.5) is 0 Å². The van der Waals surface area contributed by atoms with Gasteiger partial charge in [0.25, 0.3) is 5.91 Å². The van der Waals surface area contributed by atoms with Crippen LogP contribution in [0.15, 0.2) is 42.5 Å². The van der Waals surface area contributed by atoms with E-state index in [1.54, 1.807) is 63.7 Å². The maximum absolute atomic E-state index is 13.2. The van der Waals surface area contributed by atoms with Gasteiger partial charge in [0.2, 0.25) is 5.91 Å². The van der Waals surface area contributed by atoms with Crippen molar-refractivity contribution in [2.45, 2.75) is 12.3 Å². The van der Waals surface area contributed by atoms with Crippen molar-refractivity contribution in [3.63, 3.8) is 0 Å². The van der Waals surface area contributed by atoms with Crippen molar-refractivity contribution in [3.05, 3.63) is 53.6 Å². The van der Waals surface area contributed by atoms with Crippen LogP contribution in [-0.4, -0.2) is 71.4 Å². The van der Waals surface area contributed by atoms with Crippen molar-refractivity contribution < 1.29 is 28.5 Å². The van der Waals surface area contributed by atoms with Gasteiger partial charge in [-0.2, -0.15) is 0 Å². The van der Waals surface area contributed by atoms with E-state index in [0.29, 0.717) is 49.1 Å². The molecular weight excluding hydrogens is 424 g/mol. The Balaban J connectivity index is 1.86. The summed E-state index contributed by atoms with van der Waals surface area (Å²) >= 11 is 0. The molecule has 8 nitrogen and oxygen atoms in total. The summed E-state index contributed by atoms with van der Waals surface area (Å²) in [6.45, 7) is 1.81. The molecule has 0 spiro atoms. The van der Waals surface area contributed by atoms with E-state index in [2.05, 4.69) is 5.32 Å². The minimum Gasteiger partial charge on any atom is -0.497 e. The zero-order valence-corrected chi connectivity index (χ0v) is 19.6. The summed E-state index contributed by atoms with van der Waals surface area (Å²) in [5, 5.41) is 2.99. The minimum atomic E-state index is -0.406. The fraction of sp³-hybridized carbons (Fsp3) is 0.440. The lowest BCUT2D eigenvalue weighted by Crippen LogP contribution is -2.36. The van der Waals surface area contributed by atoms with Gasteiger partial charge >= 0.3 is 0 Å². The number of ether oxygens (including phenoxy) is 4. The number of carbonyl (C=O) groups is 2. The molecule has 0 bridgehead atoms. The van der Waals surface area contributed by atoms with E-state index >= 15 is 0 Å². The highest BCUT2D eigenvalue weighted by Crippen LogP contribution is 2.39. The molecule has 1 aliphatic heterocycles. The monoisotopic (exact) mass is 456 g/mol. The summed E-state index contributed by atoms with van der Waals surface area (Å²) in [5.41, 5.74) is 1.43. The summed E-state index contributed by atoms with van der Waals surface area (Å²) in [7, 11) is 6.40. The van der Waals surface area contributed by atoms with Crippen LogP contribution >= 0.6 is 0 Å². The molecule has 2 atom stereocenters.